The molecule has 5 nitrogen and oxygen atoms in total. The first-order valence-corrected chi connectivity index (χ1v) is 6.11. The molecule has 0 bridgehead atoms. The minimum absolute atomic E-state index is 0.143. The van der Waals surface area contributed by atoms with Crippen molar-refractivity contribution in [2.45, 2.75) is 13.0 Å². The molecule has 1 heterocycles. The van der Waals surface area contributed by atoms with Gasteiger partial charge in [-0.15, -0.1) is 0 Å². The molecule has 19 heavy (non-hydrogen) atoms. The standard InChI is InChI=1S/C14H19N3O2/c1-10(14-5-6-15-17(14)2)16-11-7-12(18-3)9-13(8-11)19-4/h5-10,16H,1-4H3. The van der Waals surface area contributed by atoms with E-state index in [0.717, 1.165) is 22.9 Å². The maximum Gasteiger partial charge on any atom is 0.124 e. The number of nitrogens with zero attached hydrogens (tertiary/aromatic N) is 2. The lowest BCUT2D eigenvalue weighted by Crippen LogP contribution is -2.11. The van der Waals surface area contributed by atoms with Gasteiger partial charge in [0, 0.05) is 37.1 Å². The number of rotatable bonds is 5. The first-order chi connectivity index (χ1) is 9.13. The molecule has 0 aliphatic carbocycles. The molecule has 102 valence electrons. The Bertz CT molecular complexity index is 529. The maximum absolute atomic E-state index is 5.26. The average molecular weight is 261 g/mol. The van der Waals surface area contributed by atoms with Crippen molar-refractivity contribution in [2.24, 2.45) is 7.05 Å². The van der Waals surface area contributed by atoms with Crippen LogP contribution in [0.25, 0.3) is 0 Å². The summed E-state index contributed by atoms with van der Waals surface area (Å²) in [6.45, 7) is 2.09. The topological polar surface area (TPSA) is 48.3 Å². The fourth-order valence-corrected chi connectivity index (χ4v) is 2.02. The second-order valence-corrected chi connectivity index (χ2v) is 4.35. The normalized spacial score (nSPS) is 12.0. The van der Waals surface area contributed by atoms with Crippen molar-refractivity contribution >= 4 is 5.69 Å². The van der Waals surface area contributed by atoms with Crippen LogP contribution in [0.2, 0.25) is 0 Å². The van der Waals surface area contributed by atoms with Crippen molar-refractivity contribution < 1.29 is 9.47 Å². The quantitative estimate of drug-likeness (QED) is 0.898. The van der Waals surface area contributed by atoms with Crippen LogP contribution in [-0.2, 0) is 7.05 Å². The Kier molecular flexibility index (Phi) is 3.94. The third kappa shape index (κ3) is 2.99. The van der Waals surface area contributed by atoms with E-state index in [9.17, 15) is 0 Å². The summed E-state index contributed by atoms with van der Waals surface area (Å²) in [5.41, 5.74) is 2.06. The molecule has 0 radical (unpaired) electrons. The molecule has 1 aromatic carbocycles. The second-order valence-electron chi connectivity index (χ2n) is 4.35. The van der Waals surface area contributed by atoms with Crippen LogP contribution >= 0.6 is 0 Å². The van der Waals surface area contributed by atoms with E-state index in [1.54, 1.807) is 20.4 Å². The van der Waals surface area contributed by atoms with Crippen molar-refractivity contribution in [3.63, 3.8) is 0 Å². The fraction of sp³-hybridized carbons (Fsp3) is 0.357. The van der Waals surface area contributed by atoms with E-state index in [0.29, 0.717) is 0 Å². The average Bonchev–Trinajstić information content (AvgIpc) is 2.84. The third-order valence-corrected chi connectivity index (χ3v) is 3.04. The predicted molar refractivity (Wildman–Crippen MR) is 74.8 cm³/mol. The van der Waals surface area contributed by atoms with Gasteiger partial charge < -0.3 is 14.8 Å². The minimum Gasteiger partial charge on any atom is -0.497 e. The Labute approximate surface area is 113 Å². The summed E-state index contributed by atoms with van der Waals surface area (Å²) >= 11 is 0. The van der Waals surface area contributed by atoms with E-state index in [2.05, 4.69) is 17.3 Å². The van der Waals surface area contributed by atoms with Crippen molar-refractivity contribution in [1.29, 1.82) is 0 Å². The van der Waals surface area contributed by atoms with E-state index in [1.807, 2.05) is 36.0 Å². The fourth-order valence-electron chi connectivity index (χ4n) is 2.02. The van der Waals surface area contributed by atoms with E-state index < -0.39 is 0 Å². The van der Waals surface area contributed by atoms with Gasteiger partial charge in [0.1, 0.15) is 11.5 Å². The van der Waals surface area contributed by atoms with Crippen molar-refractivity contribution in [1.82, 2.24) is 9.78 Å². The third-order valence-electron chi connectivity index (χ3n) is 3.04. The van der Waals surface area contributed by atoms with E-state index >= 15 is 0 Å². The SMILES string of the molecule is COc1cc(NC(C)c2ccnn2C)cc(OC)c1. The van der Waals surface area contributed by atoms with Crippen molar-refractivity contribution in [3.8, 4) is 11.5 Å². The molecule has 0 aliphatic heterocycles. The number of aryl methyl sites for hydroxylation is 1. The highest BCUT2D eigenvalue weighted by Crippen LogP contribution is 2.28. The molecule has 1 aromatic heterocycles. The van der Waals surface area contributed by atoms with Gasteiger partial charge in [0.15, 0.2) is 0 Å². The molecule has 0 spiro atoms. The zero-order valence-electron chi connectivity index (χ0n) is 11.7. The number of nitrogens with one attached hydrogen (secondary N) is 1. The lowest BCUT2D eigenvalue weighted by molar-refractivity contribution is 0.394. The van der Waals surface area contributed by atoms with Crippen LogP contribution in [0.15, 0.2) is 30.5 Å². The molecule has 1 N–H and O–H groups in total. The van der Waals surface area contributed by atoms with Gasteiger partial charge in [0.2, 0.25) is 0 Å². The monoisotopic (exact) mass is 261 g/mol. The molecule has 2 aromatic rings. The minimum atomic E-state index is 0.143. The maximum atomic E-state index is 5.26. The number of methoxy groups -OCH3 is 2. The molecule has 0 saturated heterocycles. The number of hydrogen-bond donors (Lipinski definition) is 1. The first kappa shape index (κ1) is 13.3. The van der Waals surface area contributed by atoms with Gasteiger partial charge in [-0.25, -0.2) is 0 Å². The van der Waals surface area contributed by atoms with Gasteiger partial charge in [0.05, 0.1) is 26.0 Å². The number of benzene rings is 1. The summed E-state index contributed by atoms with van der Waals surface area (Å²) in [4.78, 5) is 0. The van der Waals surface area contributed by atoms with Crippen LogP contribution in [0, 0.1) is 0 Å². The van der Waals surface area contributed by atoms with Gasteiger partial charge in [0.25, 0.3) is 0 Å². The Morgan fingerprint density at radius 3 is 2.26 bits per heavy atom. The van der Waals surface area contributed by atoms with Crippen LogP contribution in [-0.4, -0.2) is 24.0 Å². The number of ether oxygens (including phenoxy) is 2. The van der Waals surface area contributed by atoms with E-state index in [1.165, 1.54) is 0 Å². The molecule has 1 unspecified atom stereocenters. The molecule has 2 rings (SSSR count). The summed E-state index contributed by atoms with van der Waals surface area (Å²) < 4.78 is 12.4. The largest absolute Gasteiger partial charge is 0.497 e. The zero-order valence-corrected chi connectivity index (χ0v) is 11.7. The molecule has 0 aliphatic rings. The van der Waals surface area contributed by atoms with E-state index in [4.69, 9.17) is 9.47 Å². The molecule has 5 heteroatoms. The second kappa shape index (κ2) is 5.65. The van der Waals surface area contributed by atoms with Crippen molar-refractivity contribution in [3.05, 3.63) is 36.2 Å². The number of anilines is 1. The summed E-state index contributed by atoms with van der Waals surface area (Å²) in [5, 5.41) is 7.59. The van der Waals surface area contributed by atoms with Gasteiger partial charge in [-0.1, -0.05) is 0 Å². The van der Waals surface area contributed by atoms with Crippen LogP contribution in [0.3, 0.4) is 0 Å². The highest BCUT2D eigenvalue weighted by atomic mass is 16.5. The molecule has 0 amide bonds. The Morgan fingerprint density at radius 1 is 1.16 bits per heavy atom. The van der Waals surface area contributed by atoms with Gasteiger partial charge in [-0.3, -0.25) is 4.68 Å². The predicted octanol–water partition coefficient (Wildman–Crippen LogP) is 2.61. The van der Waals surface area contributed by atoms with Crippen LogP contribution in [0.4, 0.5) is 5.69 Å². The van der Waals surface area contributed by atoms with Gasteiger partial charge in [-0.05, 0) is 13.0 Å². The van der Waals surface area contributed by atoms with Gasteiger partial charge in [-0.2, -0.15) is 5.10 Å². The lowest BCUT2D eigenvalue weighted by Gasteiger charge is -2.17. The van der Waals surface area contributed by atoms with E-state index in [-0.39, 0.29) is 6.04 Å². The summed E-state index contributed by atoms with van der Waals surface area (Å²) in [5.74, 6) is 1.53. The first-order valence-electron chi connectivity index (χ1n) is 6.11. The highest BCUT2D eigenvalue weighted by Gasteiger charge is 2.10. The Balaban J connectivity index is 2.21. The smallest absolute Gasteiger partial charge is 0.124 e. The van der Waals surface area contributed by atoms with Gasteiger partial charge >= 0.3 is 0 Å². The van der Waals surface area contributed by atoms with Crippen LogP contribution in [0.5, 0.6) is 11.5 Å². The lowest BCUT2D eigenvalue weighted by atomic mass is 10.2. The van der Waals surface area contributed by atoms with Crippen LogP contribution in [0.1, 0.15) is 18.7 Å². The molecule has 0 fully saturated rings. The Morgan fingerprint density at radius 2 is 1.79 bits per heavy atom. The molecule has 1 atom stereocenters. The van der Waals surface area contributed by atoms with Crippen LogP contribution < -0.4 is 14.8 Å². The molecule has 0 saturated carbocycles. The van der Waals surface area contributed by atoms with Crippen molar-refractivity contribution in [2.75, 3.05) is 19.5 Å². The molecular weight excluding hydrogens is 242 g/mol. The molecular formula is C14H19N3O2. The Hall–Kier alpha value is -2.17. The highest BCUT2D eigenvalue weighted by molar-refractivity contribution is 5.54. The number of hydrogen-bond acceptors (Lipinski definition) is 4. The summed E-state index contributed by atoms with van der Waals surface area (Å²) in [6.07, 6.45) is 1.79. The zero-order chi connectivity index (χ0) is 13.8. The number of aromatic nitrogens is 2. The summed E-state index contributed by atoms with van der Waals surface area (Å²) in [7, 11) is 5.21. The summed E-state index contributed by atoms with van der Waals surface area (Å²) in [6, 6.07) is 7.86.